The van der Waals surface area contributed by atoms with Crippen molar-refractivity contribution in [1.29, 1.82) is 0 Å². The standard InChI is InChI=1S/C17H21N2OP3/c1-10-3-2-4-12(5-10)19-9-14-13(16(19)20)6-11(8-18)7-15(14)17(21,22)23/h2-7H,8-9,18,21-23H2,1H3. The van der Waals surface area contributed by atoms with Gasteiger partial charge in [-0.1, -0.05) is 18.2 Å². The summed E-state index contributed by atoms with van der Waals surface area (Å²) in [5.74, 6) is 0.0476. The van der Waals surface area contributed by atoms with Crippen LogP contribution in [0.15, 0.2) is 36.4 Å². The molecule has 0 bridgehead atoms. The second-order valence-corrected chi connectivity index (χ2v) is 10.9. The molecule has 1 amide bonds. The number of carbonyl (C=O) groups is 1. The van der Waals surface area contributed by atoms with Crippen LogP contribution < -0.4 is 10.6 Å². The van der Waals surface area contributed by atoms with Crippen molar-refractivity contribution in [3.63, 3.8) is 0 Å². The minimum Gasteiger partial charge on any atom is -0.326 e. The monoisotopic (exact) mass is 362 g/mol. The Morgan fingerprint density at radius 3 is 2.57 bits per heavy atom. The lowest BCUT2D eigenvalue weighted by Gasteiger charge is -2.23. The molecule has 3 rings (SSSR count). The Morgan fingerprint density at radius 2 is 1.96 bits per heavy atom. The first kappa shape index (κ1) is 17.0. The molecule has 3 atom stereocenters. The number of benzene rings is 2. The van der Waals surface area contributed by atoms with Crippen molar-refractivity contribution < 1.29 is 4.79 Å². The highest BCUT2D eigenvalue weighted by atomic mass is 31.1. The van der Waals surface area contributed by atoms with E-state index >= 15 is 0 Å². The highest BCUT2D eigenvalue weighted by molar-refractivity contribution is 7.56. The average molecular weight is 362 g/mol. The molecule has 0 aliphatic carbocycles. The Labute approximate surface area is 144 Å². The molecule has 1 aliphatic heterocycles. The molecule has 6 heteroatoms. The highest BCUT2D eigenvalue weighted by Crippen LogP contribution is 2.49. The van der Waals surface area contributed by atoms with E-state index < -0.39 is 0 Å². The summed E-state index contributed by atoms with van der Waals surface area (Å²) < 4.78 is -0.266. The largest absolute Gasteiger partial charge is 0.326 e. The first-order valence-electron chi connectivity index (χ1n) is 7.43. The molecule has 0 radical (unpaired) electrons. The number of nitrogens with two attached hydrogens (primary N) is 1. The van der Waals surface area contributed by atoms with Gasteiger partial charge in [-0.3, -0.25) is 4.79 Å². The summed E-state index contributed by atoms with van der Waals surface area (Å²) in [4.78, 5) is 14.8. The topological polar surface area (TPSA) is 46.3 Å². The summed E-state index contributed by atoms with van der Waals surface area (Å²) in [6.07, 6.45) is 0. The zero-order valence-electron chi connectivity index (χ0n) is 13.0. The van der Waals surface area contributed by atoms with Crippen LogP contribution in [0.2, 0.25) is 0 Å². The van der Waals surface area contributed by atoms with E-state index in [9.17, 15) is 4.79 Å². The van der Waals surface area contributed by atoms with Gasteiger partial charge in [-0.25, -0.2) is 0 Å². The molecule has 1 aliphatic rings. The normalized spacial score (nSPS) is 14.3. The van der Waals surface area contributed by atoms with Gasteiger partial charge >= 0.3 is 0 Å². The molecule has 0 saturated heterocycles. The van der Waals surface area contributed by atoms with E-state index in [1.165, 1.54) is 0 Å². The van der Waals surface area contributed by atoms with Crippen LogP contribution in [0.1, 0.15) is 32.6 Å². The third-order valence-corrected chi connectivity index (χ3v) is 5.05. The molecule has 2 N–H and O–H groups in total. The summed E-state index contributed by atoms with van der Waals surface area (Å²) in [5.41, 5.74) is 11.8. The van der Waals surface area contributed by atoms with Crippen LogP contribution in [0.5, 0.6) is 0 Å². The smallest absolute Gasteiger partial charge is 0.258 e. The predicted molar refractivity (Wildman–Crippen MR) is 107 cm³/mol. The lowest BCUT2D eigenvalue weighted by atomic mass is 10.00. The fraction of sp³-hybridized carbons (Fsp3) is 0.235. The molecule has 1 heterocycles. The zero-order valence-corrected chi connectivity index (χ0v) is 16.5. The second-order valence-electron chi connectivity index (χ2n) is 6.04. The van der Waals surface area contributed by atoms with Crippen molar-refractivity contribution in [2.75, 3.05) is 4.90 Å². The van der Waals surface area contributed by atoms with Crippen LogP contribution in [0.25, 0.3) is 0 Å². The Morgan fingerprint density at radius 1 is 1.22 bits per heavy atom. The number of carbonyl (C=O) groups excluding carboxylic acids is 1. The Kier molecular flexibility index (Phi) is 4.60. The molecule has 2 aromatic carbocycles. The number of hydrogen-bond acceptors (Lipinski definition) is 2. The van der Waals surface area contributed by atoms with Gasteiger partial charge < -0.3 is 10.6 Å². The maximum atomic E-state index is 12.9. The molecule has 120 valence electrons. The van der Waals surface area contributed by atoms with Gasteiger partial charge in [0.05, 0.1) is 6.54 Å². The van der Waals surface area contributed by atoms with Crippen molar-refractivity contribution in [3.8, 4) is 0 Å². The van der Waals surface area contributed by atoms with Crippen LogP contribution in [-0.4, -0.2) is 5.91 Å². The van der Waals surface area contributed by atoms with Crippen molar-refractivity contribution in [2.24, 2.45) is 5.73 Å². The van der Waals surface area contributed by atoms with Gasteiger partial charge in [-0.15, -0.1) is 27.7 Å². The first-order valence-corrected chi connectivity index (χ1v) is 9.16. The summed E-state index contributed by atoms with van der Waals surface area (Å²) in [6, 6.07) is 12.1. The molecule has 0 saturated carbocycles. The number of nitrogens with zero attached hydrogens (tertiary/aromatic N) is 1. The van der Waals surface area contributed by atoms with Gasteiger partial charge in [-0.05, 0) is 47.4 Å². The number of anilines is 1. The lowest BCUT2D eigenvalue weighted by Crippen LogP contribution is -2.23. The maximum Gasteiger partial charge on any atom is 0.258 e. The van der Waals surface area contributed by atoms with Crippen LogP contribution >= 0.6 is 27.7 Å². The van der Waals surface area contributed by atoms with Crippen LogP contribution in [-0.2, 0) is 17.7 Å². The third-order valence-electron chi connectivity index (χ3n) is 4.12. The Bertz CT molecular complexity index is 784. The molecule has 2 aromatic rings. The minimum absolute atomic E-state index is 0.0476. The Hall–Kier alpha value is -0.840. The summed E-state index contributed by atoms with van der Waals surface area (Å²) >= 11 is 0. The van der Waals surface area contributed by atoms with E-state index in [1.807, 2.05) is 42.2 Å². The van der Waals surface area contributed by atoms with Crippen molar-refractivity contribution in [2.45, 2.75) is 24.7 Å². The lowest BCUT2D eigenvalue weighted by molar-refractivity contribution is 0.0996. The van der Waals surface area contributed by atoms with E-state index in [0.29, 0.717) is 13.1 Å². The van der Waals surface area contributed by atoms with Crippen molar-refractivity contribution >= 4 is 39.3 Å². The van der Waals surface area contributed by atoms with E-state index in [4.69, 9.17) is 5.73 Å². The van der Waals surface area contributed by atoms with Gasteiger partial charge in [-0.2, -0.15) is 0 Å². The van der Waals surface area contributed by atoms with E-state index in [1.54, 1.807) is 0 Å². The second kappa shape index (κ2) is 6.23. The number of aryl methyl sites for hydroxylation is 1. The maximum absolute atomic E-state index is 12.9. The fourth-order valence-corrected chi connectivity index (χ4v) is 3.75. The van der Waals surface area contributed by atoms with Gasteiger partial charge in [0.25, 0.3) is 5.91 Å². The van der Waals surface area contributed by atoms with Crippen LogP contribution in [0, 0.1) is 6.92 Å². The summed E-state index contributed by atoms with van der Waals surface area (Å²) in [7, 11) is 8.40. The third kappa shape index (κ3) is 3.21. The van der Waals surface area contributed by atoms with Crippen molar-refractivity contribution in [3.05, 3.63) is 64.2 Å². The van der Waals surface area contributed by atoms with E-state index in [0.717, 1.165) is 33.5 Å². The molecule has 0 fully saturated rings. The van der Waals surface area contributed by atoms with Gasteiger partial charge in [0.2, 0.25) is 0 Å². The molecule has 23 heavy (non-hydrogen) atoms. The molecular weight excluding hydrogens is 341 g/mol. The first-order chi connectivity index (χ1) is 10.8. The number of amides is 1. The zero-order chi connectivity index (χ0) is 16.8. The highest BCUT2D eigenvalue weighted by Gasteiger charge is 2.33. The number of fused-ring (bicyclic) bond motifs is 1. The average Bonchev–Trinajstić information content (AvgIpc) is 2.82. The summed E-state index contributed by atoms with van der Waals surface area (Å²) in [5, 5.41) is 0. The van der Waals surface area contributed by atoms with Gasteiger partial charge in [0.1, 0.15) is 0 Å². The van der Waals surface area contributed by atoms with E-state index in [-0.39, 0.29) is 10.5 Å². The van der Waals surface area contributed by atoms with Crippen LogP contribution in [0.4, 0.5) is 5.69 Å². The minimum atomic E-state index is -0.266. The Balaban J connectivity index is 2.12. The van der Waals surface area contributed by atoms with Crippen LogP contribution in [0.3, 0.4) is 0 Å². The predicted octanol–water partition coefficient (Wildman–Crippen LogP) is 3.35. The summed E-state index contributed by atoms with van der Waals surface area (Å²) in [6.45, 7) is 3.05. The molecule has 3 unspecified atom stereocenters. The van der Waals surface area contributed by atoms with Crippen molar-refractivity contribution in [1.82, 2.24) is 0 Å². The SMILES string of the molecule is Cc1cccc(N2Cc3c(cc(CN)cc3C(P)(P)P)C2=O)c1. The number of hydrogen-bond donors (Lipinski definition) is 1. The fourth-order valence-electron chi connectivity index (χ4n) is 2.98. The van der Waals surface area contributed by atoms with Gasteiger partial charge in [0.15, 0.2) is 0 Å². The van der Waals surface area contributed by atoms with Gasteiger partial charge in [0, 0.05) is 22.4 Å². The molecule has 3 nitrogen and oxygen atoms in total. The number of rotatable bonds is 3. The molecule has 0 spiro atoms. The molecular formula is C17H21N2OP3. The quantitative estimate of drug-likeness (QED) is 0.852. The molecule has 0 aromatic heterocycles. The van der Waals surface area contributed by atoms with E-state index in [2.05, 4.69) is 33.8 Å².